The maximum absolute atomic E-state index is 12.9. The second-order valence-corrected chi connectivity index (χ2v) is 6.31. The summed E-state index contributed by atoms with van der Waals surface area (Å²) >= 11 is 0. The summed E-state index contributed by atoms with van der Waals surface area (Å²) in [6.07, 6.45) is 6.64. The van der Waals surface area contributed by atoms with Gasteiger partial charge in [-0.05, 0) is 41.8 Å². The molecule has 0 atom stereocenters. The fourth-order valence-electron chi connectivity index (χ4n) is 3.21. The lowest BCUT2D eigenvalue weighted by Crippen LogP contribution is -2.41. The van der Waals surface area contributed by atoms with Gasteiger partial charge in [-0.15, -0.1) is 0 Å². The number of nitrogens with zero attached hydrogens (tertiary/aromatic N) is 2. The van der Waals surface area contributed by atoms with E-state index in [1.165, 1.54) is 17.7 Å². The van der Waals surface area contributed by atoms with Gasteiger partial charge in [0.25, 0.3) is 0 Å². The van der Waals surface area contributed by atoms with Crippen LogP contribution < -0.4 is 5.32 Å². The van der Waals surface area contributed by atoms with Crippen LogP contribution >= 0.6 is 0 Å². The van der Waals surface area contributed by atoms with Crippen LogP contribution in [0.4, 0.5) is 9.18 Å². The van der Waals surface area contributed by atoms with E-state index in [-0.39, 0.29) is 11.8 Å². The molecule has 3 aromatic rings. The summed E-state index contributed by atoms with van der Waals surface area (Å²) in [7, 11) is 0. The van der Waals surface area contributed by atoms with E-state index in [9.17, 15) is 9.18 Å². The molecule has 3 heterocycles. The minimum atomic E-state index is -0.277. The zero-order chi connectivity index (χ0) is 17.9. The smallest absolute Gasteiger partial charge is 0.317 e. The molecule has 0 bridgehead atoms. The van der Waals surface area contributed by atoms with Crippen LogP contribution in [0.5, 0.6) is 0 Å². The van der Waals surface area contributed by atoms with Crippen molar-refractivity contribution in [3.8, 4) is 0 Å². The van der Waals surface area contributed by atoms with Crippen LogP contribution in [0.25, 0.3) is 16.6 Å². The Balaban J connectivity index is 1.39. The van der Waals surface area contributed by atoms with Gasteiger partial charge in [0.2, 0.25) is 0 Å². The number of hydrogen-bond acceptors (Lipinski definition) is 2. The predicted molar refractivity (Wildman–Crippen MR) is 98.9 cm³/mol. The molecular formula is C20H19FN4O. The highest BCUT2D eigenvalue weighted by Gasteiger charge is 2.19. The molecule has 0 spiro atoms. The van der Waals surface area contributed by atoms with E-state index in [2.05, 4.69) is 27.4 Å². The van der Waals surface area contributed by atoms with Gasteiger partial charge in [-0.3, -0.25) is 0 Å². The van der Waals surface area contributed by atoms with Gasteiger partial charge in [0.05, 0.1) is 0 Å². The lowest BCUT2D eigenvalue weighted by atomic mass is 10.00. The van der Waals surface area contributed by atoms with Crippen molar-refractivity contribution in [1.29, 1.82) is 0 Å². The minimum Gasteiger partial charge on any atom is -0.346 e. The monoisotopic (exact) mass is 350 g/mol. The van der Waals surface area contributed by atoms with E-state index in [4.69, 9.17) is 0 Å². The van der Waals surface area contributed by atoms with Crippen LogP contribution in [-0.2, 0) is 6.54 Å². The normalized spacial score (nSPS) is 14.3. The molecule has 1 aliphatic rings. The quantitative estimate of drug-likeness (QED) is 0.757. The standard InChI is InChI=1S/C20H19FN4O/c21-16-5-3-14(4-6-16)12-24-20(26)25-10-7-15(8-11-25)18-13-23-19-17(18)2-1-9-22-19/h1-7,9,13H,8,10-12H2,(H,22,23)(H,24,26). The number of halogens is 1. The Morgan fingerprint density at radius 1 is 1.27 bits per heavy atom. The Kier molecular flexibility index (Phi) is 4.39. The van der Waals surface area contributed by atoms with E-state index in [1.807, 2.05) is 12.3 Å². The van der Waals surface area contributed by atoms with E-state index >= 15 is 0 Å². The molecule has 26 heavy (non-hydrogen) atoms. The number of aromatic amines is 1. The third-order valence-corrected chi connectivity index (χ3v) is 4.65. The lowest BCUT2D eigenvalue weighted by Gasteiger charge is -2.26. The highest BCUT2D eigenvalue weighted by atomic mass is 19.1. The summed E-state index contributed by atoms with van der Waals surface area (Å²) in [4.78, 5) is 21.6. The zero-order valence-electron chi connectivity index (χ0n) is 14.2. The topological polar surface area (TPSA) is 61.0 Å². The second-order valence-electron chi connectivity index (χ2n) is 6.31. The molecule has 1 aliphatic heterocycles. The zero-order valence-corrected chi connectivity index (χ0v) is 14.2. The number of carbonyl (C=O) groups is 1. The first-order chi connectivity index (χ1) is 12.7. The van der Waals surface area contributed by atoms with E-state index in [0.29, 0.717) is 19.6 Å². The molecule has 0 radical (unpaired) electrons. The number of aromatic nitrogens is 2. The van der Waals surface area contributed by atoms with Crippen molar-refractivity contribution < 1.29 is 9.18 Å². The molecule has 0 aliphatic carbocycles. The van der Waals surface area contributed by atoms with E-state index in [1.54, 1.807) is 23.2 Å². The largest absolute Gasteiger partial charge is 0.346 e. The van der Waals surface area contributed by atoms with Crippen LogP contribution in [0.2, 0.25) is 0 Å². The number of benzene rings is 1. The fraction of sp³-hybridized carbons (Fsp3) is 0.200. The average molecular weight is 350 g/mol. The van der Waals surface area contributed by atoms with Crippen LogP contribution in [0, 0.1) is 5.82 Å². The first-order valence-electron chi connectivity index (χ1n) is 8.59. The van der Waals surface area contributed by atoms with Crippen molar-refractivity contribution in [1.82, 2.24) is 20.2 Å². The third-order valence-electron chi connectivity index (χ3n) is 4.65. The number of amides is 2. The summed E-state index contributed by atoms with van der Waals surface area (Å²) in [6, 6.07) is 10.0. The number of H-pyrrole nitrogens is 1. The van der Waals surface area contributed by atoms with Gasteiger partial charge < -0.3 is 15.2 Å². The maximum Gasteiger partial charge on any atom is 0.317 e. The third kappa shape index (κ3) is 3.31. The Morgan fingerprint density at radius 2 is 2.12 bits per heavy atom. The lowest BCUT2D eigenvalue weighted by molar-refractivity contribution is 0.202. The van der Waals surface area contributed by atoms with Gasteiger partial charge in [-0.25, -0.2) is 14.2 Å². The number of urea groups is 1. The van der Waals surface area contributed by atoms with Crippen molar-refractivity contribution in [3.63, 3.8) is 0 Å². The number of nitrogens with one attached hydrogen (secondary N) is 2. The molecule has 1 aromatic carbocycles. The highest BCUT2D eigenvalue weighted by molar-refractivity contribution is 5.91. The number of carbonyl (C=O) groups excluding carboxylic acids is 1. The Bertz CT molecular complexity index is 961. The van der Waals surface area contributed by atoms with Gasteiger partial charge in [-0.2, -0.15) is 0 Å². The molecule has 2 amide bonds. The molecule has 6 heteroatoms. The summed E-state index contributed by atoms with van der Waals surface area (Å²) in [5.74, 6) is -0.277. The molecular weight excluding hydrogens is 331 g/mol. The molecule has 2 aromatic heterocycles. The predicted octanol–water partition coefficient (Wildman–Crippen LogP) is 3.70. The number of pyridine rings is 1. The van der Waals surface area contributed by atoms with Crippen molar-refractivity contribution in [3.05, 3.63) is 71.8 Å². The molecule has 132 valence electrons. The first kappa shape index (κ1) is 16.3. The van der Waals surface area contributed by atoms with Crippen molar-refractivity contribution in [2.75, 3.05) is 13.1 Å². The minimum absolute atomic E-state index is 0.106. The average Bonchev–Trinajstić information content (AvgIpc) is 3.11. The van der Waals surface area contributed by atoms with Gasteiger partial charge in [-0.1, -0.05) is 18.2 Å². The van der Waals surface area contributed by atoms with Crippen LogP contribution in [-0.4, -0.2) is 34.0 Å². The maximum atomic E-state index is 12.9. The van der Waals surface area contributed by atoms with Crippen LogP contribution in [0.3, 0.4) is 0 Å². The summed E-state index contributed by atoms with van der Waals surface area (Å²) in [5, 5.41) is 3.99. The van der Waals surface area contributed by atoms with Gasteiger partial charge in [0, 0.05) is 43.0 Å². The highest BCUT2D eigenvalue weighted by Crippen LogP contribution is 2.28. The first-order valence-corrected chi connectivity index (χ1v) is 8.59. The SMILES string of the molecule is O=C(NCc1ccc(F)cc1)N1CC=C(c2c[nH]c3ncccc23)CC1. The van der Waals surface area contributed by atoms with Crippen LogP contribution in [0.1, 0.15) is 17.5 Å². The van der Waals surface area contributed by atoms with Gasteiger partial charge >= 0.3 is 6.03 Å². The Labute approximate surface area is 150 Å². The van der Waals surface area contributed by atoms with E-state index < -0.39 is 0 Å². The fourth-order valence-corrected chi connectivity index (χ4v) is 3.21. The van der Waals surface area contributed by atoms with Crippen molar-refractivity contribution >= 4 is 22.6 Å². The molecule has 0 saturated heterocycles. The Hall–Kier alpha value is -3.15. The number of hydrogen-bond donors (Lipinski definition) is 2. The Morgan fingerprint density at radius 3 is 2.88 bits per heavy atom. The molecule has 0 fully saturated rings. The summed E-state index contributed by atoms with van der Waals surface area (Å²) in [5.41, 5.74) is 4.13. The molecule has 5 nitrogen and oxygen atoms in total. The van der Waals surface area contributed by atoms with Gasteiger partial charge in [0.1, 0.15) is 11.5 Å². The van der Waals surface area contributed by atoms with Gasteiger partial charge in [0.15, 0.2) is 0 Å². The summed E-state index contributed by atoms with van der Waals surface area (Å²) in [6.45, 7) is 1.62. The van der Waals surface area contributed by atoms with Crippen molar-refractivity contribution in [2.45, 2.75) is 13.0 Å². The van der Waals surface area contributed by atoms with E-state index in [0.717, 1.165) is 28.6 Å². The van der Waals surface area contributed by atoms with Crippen molar-refractivity contribution in [2.24, 2.45) is 0 Å². The molecule has 2 N–H and O–H groups in total. The molecule has 0 unspecified atom stereocenters. The number of fused-ring (bicyclic) bond motifs is 1. The molecule has 4 rings (SSSR count). The second kappa shape index (κ2) is 7.00. The molecule has 0 saturated carbocycles. The summed E-state index contributed by atoms with van der Waals surface area (Å²) < 4.78 is 12.9. The van der Waals surface area contributed by atoms with Crippen LogP contribution in [0.15, 0.2) is 54.9 Å². The number of rotatable bonds is 3.